The van der Waals surface area contributed by atoms with Gasteiger partial charge in [-0.25, -0.2) is 4.39 Å². The fourth-order valence-corrected chi connectivity index (χ4v) is 1.78. The molecule has 0 amide bonds. The second-order valence-electron chi connectivity index (χ2n) is 4.14. The molecule has 1 atom stereocenters. The van der Waals surface area contributed by atoms with Crippen LogP contribution in [0.2, 0.25) is 5.02 Å². The van der Waals surface area contributed by atoms with Crippen LogP contribution in [0.3, 0.4) is 0 Å². The quantitative estimate of drug-likeness (QED) is 0.792. The van der Waals surface area contributed by atoms with Gasteiger partial charge in [-0.15, -0.1) is 0 Å². The second-order valence-corrected chi connectivity index (χ2v) is 4.54. The summed E-state index contributed by atoms with van der Waals surface area (Å²) in [7, 11) is 0. The zero-order chi connectivity index (χ0) is 12.0. The maximum absolute atomic E-state index is 13.5. The molecule has 0 spiro atoms. The van der Waals surface area contributed by atoms with Crippen LogP contribution in [0.25, 0.3) is 0 Å². The van der Waals surface area contributed by atoms with Crippen LogP contribution in [0.5, 0.6) is 0 Å². The van der Waals surface area contributed by atoms with Gasteiger partial charge in [-0.1, -0.05) is 43.5 Å². The largest absolute Gasteiger partial charge is 0.310 e. The highest BCUT2D eigenvalue weighted by molar-refractivity contribution is 6.30. The minimum atomic E-state index is -0.306. The lowest BCUT2D eigenvalue weighted by molar-refractivity contribution is 0.485. The van der Waals surface area contributed by atoms with E-state index in [0.29, 0.717) is 18.2 Å². The fraction of sp³-hybridized carbons (Fsp3) is 0.538. The summed E-state index contributed by atoms with van der Waals surface area (Å²) in [6, 6.07) is 5.53. The number of hydrogen-bond donors (Lipinski definition) is 1. The number of nitrogens with one attached hydrogen (secondary N) is 1. The third-order valence-corrected chi connectivity index (χ3v) is 2.96. The van der Waals surface area contributed by atoms with Crippen LogP contribution in [0.15, 0.2) is 18.2 Å². The highest BCUT2D eigenvalue weighted by atomic mass is 35.5. The van der Waals surface area contributed by atoms with Crippen LogP contribution >= 0.6 is 11.6 Å². The van der Waals surface area contributed by atoms with Crippen molar-refractivity contribution < 1.29 is 4.39 Å². The molecular formula is C13H19ClFN. The van der Waals surface area contributed by atoms with Gasteiger partial charge < -0.3 is 5.32 Å². The lowest BCUT2D eigenvalue weighted by Crippen LogP contribution is -2.25. The Kier molecular flexibility index (Phi) is 5.78. The van der Waals surface area contributed by atoms with Gasteiger partial charge in [-0.3, -0.25) is 0 Å². The molecule has 3 heteroatoms. The minimum absolute atomic E-state index is 0.195. The van der Waals surface area contributed by atoms with Gasteiger partial charge in [-0.2, -0.15) is 0 Å². The van der Waals surface area contributed by atoms with E-state index in [9.17, 15) is 4.39 Å². The van der Waals surface area contributed by atoms with Gasteiger partial charge in [0.1, 0.15) is 5.82 Å². The van der Waals surface area contributed by atoms with Crippen LogP contribution in [0.4, 0.5) is 4.39 Å². The molecule has 0 saturated heterocycles. The summed E-state index contributed by atoms with van der Waals surface area (Å²) < 4.78 is 13.5. The van der Waals surface area contributed by atoms with Gasteiger partial charge >= 0.3 is 0 Å². The average molecular weight is 244 g/mol. The third-order valence-electron chi connectivity index (χ3n) is 2.66. The maximum atomic E-state index is 13.5. The number of rotatable bonds is 6. The Morgan fingerprint density at radius 1 is 1.44 bits per heavy atom. The topological polar surface area (TPSA) is 12.0 Å². The Morgan fingerprint density at radius 3 is 2.88 bits per heavy atom. The van der Waals surface area contributed by atoms with E-state index < -0.39 is 0 Å². The van der Waals surface area contributed by atoms with Gasteiger partial charge in [0.25, 0.3) is 0 Å². The fourth-order valence-electron chi connectivity index (χ4n) is 1.58. The molecule has 0 saturated carbocycles. The van der Waals surface area contributed by atoms with Gasteiger partial charge in [0, 0.05) is 18.2 Å². The van der Waals surface area contributed by atoms with Crippen molar-refractivity contribution in [3.63, 3.8) is 0 Å². The minimum Gasteiger partial charge on any atom is -0.310 e. The Bertz CT molecular complexity index is 328. The Morgan fingerprint density at radius 2 is 2.19 bits per heavy atom. The summed E-state index contributed by atoms with van der Waals surface area (Å²) >= 11 is 5.71. The molecule has 0 aliphatic rings. The van der Waals surface area contributed by atoms with E-state index in [-0.39, 0.29) is 10.8 Å². The third kappa shape index (κ3) is 4.11. The summed E-state index contributed by atoms with van der Waals surface area (Å²) in [6.07, 6.45) is 3.52. The number of hydrogen-bond acceptors (Lipinski definition) is 1. The SMILES string of the molecule is CCCCC(C)NCc1cccc(Cl)c1F. The van der Waals surface area contributed by atoms with E-state index >= 15 is 0 Å². The number of unbranched alkanes of at least 4 members (excludes halogenated alkanes) is 1. The van der Waals surface area contributed by atoms with Crippen molar-refractivity contribution in [3.8, 4) is 0 Å². The molecule has 0 aliphatic carbocycles. The second kappa shape index (κ2) is 6.87. The first-order chi connectivity index (χ1) is 7.65. The molecule has 0 bridgehead atoms. The summed E-state index contributed by atoms with van der Waals surface area (Å²) in [6.45, 7) is 4.83. The summed E-state index contributed by atoms with van der Waals surface area (Å²) in [5, 5.41) is 3.50. The van der Waals surface area contributed by atoms with E-state index in [2.05, 4.69) is 19.2 Å². The van der Waals surface area contributed by atoms with Gasteiger partial charge in [0.05, 0.1) is 5.02 Å². The predicted molar refractivity (Wildman–Crippen MR) is 67.2 cm³/mol. The molecule has 0 radical (unpaired) electrons. The van der Waals surface area contributed by atoms with Gasteiger partial charge in [-0.05, 0) is 19.4 Å². The molecule has 0 heterocycles. The molecule has 90 valence electrons. The molecule has 1 unspecified atom stereocenters. The van der Waals surface area contributed by atoms with Crippen molar-refractivity contribution in [1.29, 1.82) is 0 Å². The first kappa shape index (κ1) is 13.5. The molecule has 1 rings (SSSR count). The Balaban J connectivity index is 2.45. The van der Waals surface area contributed by atoms with Crippen molar-refractivity contribution in [1.82, 2.24) is 5.32 Å². The molecule has 1 aromatic carbocycles. The first-order valence-corrected chi connectivity index (χ1v) is 6.19. The summed E-state index contributed by atoms with van der Waals surface area (Å²) in [5.41, 5.74) is 0.635. The zero-order valence-electron chi connectivity index (χ0n) is 9.89. The predicted octanol–water partition coefficient (Wildman–Crippen LogP) is 4.15. The standard InChI is InChI=1S/C13H19ClFN/c1-3-4-6-10(2)16-9-11-7-5-8-12(14)13(11)15/h5,7-8,10,16H,3-4,6,9H2,1-2H3. The van der Waals surface area contributed by atoms with E-state index in [0.717, 1.165) is 6.42 Å². The van der Waals surface area contributed by atoms with Gasteiger partial charge in [0.15, 0.2) is 0 Å². The van der Waals surface area contributed by atoms with E-state index in [1.54, 1.807) is 18.2 Å². The van der Waals surface area contributed by atoms with Crippen LogP contribution in [0.1, 0.15) is 38.7 Å². The summed E-state index contributed by atoms with van der Waals surface area (Å²) in [4.78, 5) is 0. The molecule has 0 aromatic heterocycles. The van der Waals surface area contributed by atoms with Crippen LogP contribution in [-0.2, 0) is 6.54 Å². The normalized spacial score (nSPS) is 12.8. The van der Waals surface area contributed by atoms with Crippen LogP contribution in [-0.4, -0.2) is 6.04 Å². The Hall–Kier alpha value is -0.600. The van der Waals surface area contributed by atoms with Crippen molar-refractivity contribution >= 4 is 11.6 Å². The Labute approximate surface area is 102 Å². The number of halogens is 2. The molecule has 1 nitrogen and oxygen atoms in total. The van der Waals surface area contributed by atoms with Crippen LogP contribution in [0, 0.1) is 5.82 Å². The van der Waals surface area contributed by atoms with Crippen LogP contribution < -0.4 is 5.32 Å². The van der Waals surface area contributed by atoms with E-state index in [4.69, 9.17) is 11.6 Å². The molecule has 1 N–H and O–H groups in total. The zero-order valence-corrected chi connectivity index (χ0v) is 10.6. The molecular weight excluding hydrogens is 225 g/mol. The summed E-state index contributed by atoms with van der Waals surface area (Å²) in [5.74, 6) is -0.306. The maximum Gasteiger partial charge on any atom is 0.146 e. The van der Waals surface area contributed by atoms with Crippen molar-refractivity contribution in [2.24, 2.45) is 0 Å². The van der Waals surface area contributed by atoms with E-state index in [1.807, 2.05) is 0 Å². The lowest BCUT2D eigenvalue weighted by atomic mass is 10.1. The molecule has 0 fully saturated rings. The number of benzene rings is 1. The molecule has 16 heavy (non-hydrogen) atoms. The molecule has 0 aliphatic heterocycles. The van der Waals surface area contributed by atoms with Crippen molar-refractivity contribution in [2.75, 3.05) is 0 Å². The highest BCUT2D eigenvalue weighted by Gasteiger charge is 2.07. The monoisotopic (exact) mass is 243 g/mol. The lowest BCUT2D eigenvalue weighted by Gasteiger charge is -2.13. The van der Waals surface area contributed by atoms with E-state index in [1.165, 1.54) is 12.8 Å². The van der Waals surface area contributed by atoms with Gasteiger partial charge in [0.2, 0.25) is 0 Å². The van der Waals surface area contributed by atoms with Crippen molar-refractivity contribution in [3.05, 3.63) is 34.6 Å². The average Bonchev–Trinajstić information content (AvgIpc) is 2.28. The molecule has 1 aromatic rings. The smallest absolute Gasteiger partial charge is 0.146 e. The first-order valence-electron chi connectivity index (χ1n) is 5.81. The highest BCUT2D eigenvalue weighted by Crippen LogP contribution is 2.17. The van der Waals surface area contributed by atoms with Crippen molar-refractivity contribution in [2.45, 2.75) is 45.7 Å².